The molecule has 0 saturated heterocycles. The number of aromatic nitrogens is 2. The Morgan fingerprint density at radius 1 is 1.32 bits per heavy atom. The molecule has 1 aliphatic heterocycles. The molecule has 178 valence electrons. The summed E-state index contributed by atoms with van der Waals surface area (Å²) in [5.74, 6) is 7.41. The molecular formula is C27H32N4O3. The molecule has 2 aliphatic rings. The average Bonchev–Trinajstić information content (AvgIpc) is 3.10. The topological polar surface area (TPSA) is 128 Å². The summed E-state index contributed by atoms with van der Waals surface area (Å²) in [5, 5.41) is 37.6. The lowest BCUT2D eigenvalue weighted by atomic mass is 9.61. The van der Waals surface area contributed by atoms with Gasteiger partial charge in [0.05, 0.1) is 23.2 Å². The van der Waals surface area contributed by atoms with E-state index in [0.29, 0.717) is 17.0 Å². The molecule has 2 heterocycles. The SMILES string of the molecule is Cc1[nH]nc2c1C(c1cc(C#CC3CC(C(C)(C)O)C3)cc(CO)c1)(C(C)C)C(C#N)=C(N)O2. The van der Waals surface area contributed by atoms with Crippen LogP contribution in [0.1, 0.15) is 68.5 Å². The molecule has 1 aromatic carbocycles. The number of fused-ring (bicyclic) bond motifs is 1. The fraction of sp³-hybridized carbons (Fsp3) is 0.481. The van der Waals surface area contributed by atoms with E-state index in [2.05, 4.69) is 28.1 Å². The number of nitriles is 1. The van der Waals surface area contributed by atoms with Gasteiger partial charge in [0, 0.05) is 17.2 Å². The van der Waals surface area contributed by atoms with Crippen LogP contribution in [0.3, 0.4) is 0 Å². The molecule has 1 unspecified atom stereocenters. The number of aromatic amines is 1. The van der Waals surface area contributed by atoms with Crippen LogP contribution in [0.2, 0.25) is 0 Å². The number of ether oxygens (including phenoxy) is 1. The van der Waals surface area contributed by atoms with Gasteiger partial charge in [-0.1, -0.05) is 31.8 Å². The highest BCUT2D eigenvalue weighted by atomic mass is 16.5. The van der Waals surface area contributed by atoms with Crippen molar-refractivity contribution in [3.8, 4) is 23.8 Å². The Balaban J connectivity index is 1.85. The maximum atomic E-state index is 10.2. The van der Waals surface area contributed by atoms with Gasteiger partial charge in [-0.15, -0.1) is 5.10 Å². The molecule has 1 atom stereocenters. The van der Waals surface area contributed by atoms with E-state index in [9.17, 15) is 15.5 Å². The van der Waals surface area contributed by atoms with Gasteiger partial charge in [0.25, 0.3) is 0 Å². The molecule has 7 heteroatoms. The quantitative estimate of drug-likeness (QED) is 0.518. The van der Waals surface area contributed by atoms with Gasteiger partial charge >= 0.3 is 0 Å². The van der Waals surface area contributed by atoms with Gasteiger partial charge in [-0.2, -0.15) is 5.26 Å². The van der Waals surface area contributed by atoms with Crippen LogP contribution in [-0.4, -0.2) is 26.0 Å². The van der Waals surface area contributed by atoms with Crippen LogP contribution in [0.25, 0.3) is 0 Å². The van der Waals surface area contributed by atoms with Crippen molar-refractivity contribution in [2.24, 2.45) is 23.5 Å². The van der Waals surface area contributed by atoms with Crippen molar-refractivity contribution in [3.05, 3.63) is 57.6 Å². The minimum atomic E-state index is -0.909. The van der Waals surface area contributed by atoms with E-state index in [1.165, 1.54) is 0 Å². The summed E-state index contributed by atoms with van der Waals surface area (Å²) in [6.07, 6.45) is 1.73. The predicted octanol–water partition coefficient (Wildman–Crippen LogP) is 3.39. The number of nitrogens with two attached hydrogens (primary N) is 1. The van der Waals surface area contributed by atoms with Crippen molar-refractivity contribution in [2.75, 3.05) is 0 Å². The monoisotopic (exact) mass is 460 g/mol. The first-order valence-corrected chi connectivity index (χ1v) is 11.6. The number of aliphatic hydroxyl groups excluding tert-OH is 1. The molecule has 7 nitrogen and oxygen atoms in total. The number of aliphatic hydroxyl groups is 2. The second-order valence-corrected chi connectivity index (χ2v) is 10.3. The second-order valence-electron chi connectivity index (χ2n) is 10.3. The molecule has 2 aromatic rings. The molecule has 1 fully saturated rings. The first-order valence-electron chi connectivity index (χ1n) is 11.6. The smallest absolute Gasteiger partial charge is 0.244 e. The Hall–Kier alpha value is -3.26. The summed E-state index contributed by atoms with van der Waals surface area (Å²) < 4.78 is 5.70. The third-order valence-electron chi connectivity index (χ3n) is 7.32. The minimum absolute atomic E-state index is 0.0318. The predicted molar refractivity (Wildman–Crippen MR) is 128 cm³/mol. The zero-order valence-electron chi connectivity index (χ0n) is 20.4. The van der Waals surface area contributed by atoms with Gasteiger partial charge in [0.2, 0.25) is 11.8 Å². The molecule has 1 saturated carbocycles. The average molecular weight is 461 g/mol. The Bertz CT molecular complexity index is 1240. The number of hydrogen-bond acceptors (Lipinski definition) is 6. The molecule has 0 bridgehead atoms. The largest absolute Gasteiger partial charge is 0.420 e. The summed E-state index contributed by atoms with van der Waals surface area (Å²) in [6, 6.07) is 8.05. The second kappa shape index (κ2) is 8.51. The van der Waals surface area contributed by atoms with Gasteiger partial charge in [-0.25, -0.2) is 0 Å². The molecular weight excluding hydrogens is 428 g/mol. The third kappa shape index (κ3) is 3.76. The van der Waals surface area contributed by atoms with Gasteiger partial charge < -0.3 is 20.7 Å². The lowest BCUT2D eigenvalue weighted by Gasteiger charge is -2.41. The Labute approximate surface area is 200 Å². The summed E-state index contributed by atoms with van der Waals surface area (Å²) in [7, 11) is 0. The molecule has 34 heavy (non-hydrogen) atoms. The van der Waals surface area contributed by atoms with Crippen molar-refractivity contribution in [2.45, 2.75) is 65.1 Å². The Morgan fingerprint density at radius 3 is 2.62 bits per heavy atom. The standard InChI is InChI=1S/C27H32N4O3/c1-15(2)27(22(13-28)24(29)34-25-23(27)16(3)30-31-25)21-11-17(8-19(12-21)14-32)6-7-18-9-20(10-18)26(4,5)33/h8,11-12,15,18,20,32-33H,9-10,14,29H2,1-5H3,(H,30,31). The van der Waals surface area contributed by atoms with Crippen LogP contribution in [-0.2, 0) is 12.0 Å². The van der Waals surface area contributed by atoms with E-state index in [1.54, 1.807) is 0 Å². The van der Waals surface area contributed by atoms with E-state index in [-0.39, 0.29) is 30.2 Å². The lowest BCUT2D eigenvalue weighted by Crippen LogP contribution is -2.41. The molecule has 0 spiro atoms. The van der Waals surface area contributed by atoms with Crippen LogP contribution in [0.15, 0.2) is 29.7 Å². The maximum absolute atomic E-state index is 10.2. The minimum Gasteiger partial charge on any atom is -0.420 e. The first-order chi connectivity index (χ1) is 16.0. The van der Waals surface area contributed by atoms with Gasteiger partial charge in [0.15, 0.2) is 0 Å². The molecule has 1 aliphatic carbocycles. The number of H-pyrrole nitrogens is 1. The maximum Gasteiger partial charge on any atom is 0.244 e. The van der Waals surface area contributed by atoms with Crippen LogP contribution in [0, 0.1) is 47.8 Å². The van der Waals surface area contributed by atoms with Crippen molar-refractivity contribution in [3.63, 3.8) is 0 Å². The van der Waals surface area contributed by atoms with Gasteiger partial charge in [0.1, 0.15) is 11.6 Å². The summed E-state index contributed by atoms with van der Waals surface area (Å²) in [5.41, 5.74) is 8.80. The molecule has 5 N–H and O–H groups in total. The summed E-state index contributed by atoms with van der Waals surface area (Å²) >= 11 is 0. The highest BCUT2D eigenvalue weighted by molar-refractivity contribution is 5.63. The number of allylic oxidation sites excluding steroid dienone is 1. The molecule has 4 rings (SSSR count). The number of aryl methyl sites for hydroxylation is 1. The highest BCUT2D eigenvalue weighted by Gasteiger charge is 2.50. The lowest BCUT2D eigenvalue weighted by molar-refractivity contribution is -0.0315. The van der Waals surface area contributed by atoms with E-state index in [0.717, 1.165) is 35.2 Å². The number of benzene rings is 1. The summed E-state index contributed by atoms with van der Waals surface area (Å²) in [4.78, 5) is 0. The number of rotatable bonds is 4. The van der Waals surface area contributed by atoms with E-state index in [1.807, 2.05) is 52.8 Å². The molecule has 1 aromatic heterocycles. The van der Waals surface area contributed by atoms with Crippen LogP contribution >= 0.6 is 0 Å². The van der Waals surface area contributed by atoms with Crippen LogP contribution in [0.4, 0.5) is 0 Å². The van der Waals surface area contributed by atoms with Crippen LogP contribution < -0.4 is 10.5 Å². The first kappa shape index (κ1) is 23.9. The normalized spacial score (nSPS) is 24.0. The van der Waals surface area contributed by atoms with E-state index >= 15 is 0 Å². The Kier molecular flexibility index (Phi) is 5.97. The fourth-order valence-electron chi connectivity index (χ4n) is 5.34. The van der Waals surface area contributed by atoms with Crippen molar-refractivity contribution >= 4 is 0 Å². The van der Waals surface area contributed by atoms with Crippen molar-refractivity contribution in [1.82, 2.24) is 10.2 Å². The van der Waals surface area contributed by atoms with Gasteiger partial charge in [-0.3, -0.25) is 5.10 Å². The number of hydrogen-bond donors (Lipinski definition) is 4. The Morgan fingerprint density at radius 2 is 2.03 bits per heavy atom. The van der Waals surface area contributed by atoms with E-state index < -0.39 is 11.0 Å². The third-order valence-corrected chi connectivity index (χ3v) is 7.32. The number of nitrogens with one attached hydrogen (secondary N) is 1. The van der Waals surface area contributed by atoms with Gasteiger partial charge in [-0.05, 0) is 68.7 Å². The highest BCUT2D eigenvalue weighted by Crippen LogP contribution is 2.52. The molecule has 0 amide bonds. The zero-order valence-corrected chi connectivity index (χ0v) is 20.4. The van der Waals surface area contributed by atoms with Crippen molar-refractivity contribution in [1.29, 1.82) is 5.26 Å². The van der Waals surface area contributed by atoms with Crippen molar-refractivity contribution < 1.29 is 14.9 Å². The summed E-state index contributed by atoms with van der Waals surface area (Å²) in [6.45, 7) is 9.50. The number of nitrogens with zero attached hydrogens (tertiary/aromatic N) is 2. The zero-order chi connectivity index (χ0) is 24.8. The molecule has 0 radical (unpaired) electrons. The fourth-order valence-corrected chi connectivity index (χ4v) is 5.34. The van der Waals surface area contributed by atoms with E-state index in [4.69, 9.17) is 10.5 Å². The van der Waals surface area contributed by atoms with Crippen LogP contribution in [0.5, 0.6) is 5.88 Å².